The zero-order valence-electron chi connectivity index (χ0n) is 9.20. The third kappa shape index (κ3) is 1.41. The summed E-state index contributed by atoms with van der Waals surface area (Å²) >= 11 is 0. The molecule has 3 rings (SSSR count). The summed E-state index contributed by atoms with van der Waals surface area (Å²) in [5.41, 5.74) is 5.11. The molecule has 3 aromatic rings. The number of hydrogen-bond acceptors (Lipinski definition) is 0. The number of benzene rings is 2. The van der Waals surface area contributed by atoms with Crippen molar-refractivity contribution in [2.45, 2.75) is 6.92 Å². The smallest absolute Gasteiger partial charge is 0.0456 e. The van der Waals surface area contributed by atoms with Gasteiger partial charge in [-0.3, -0.25) is 0 Å². The molecular weight excluding hydrogens is 194 g/mol. The van der Waals surface area contributed by atoms with Crippen molar-refractivity contribution in [2.24, 2.45) is 0 Å². The Balaban J connectivity index is 2.27. The van der Waals surface area contributed by atoms with E-state index < -0.39 is 0 Å². The molecule has 1 N–H and O–H groups in total. The first-order valence-corrected chi connectivity index (χ1v) is 5.48. The van der Waals surface area contributed by atoms with E-state index in [0.717, 1.165) is 0 Å². The van der Waals surface area contributed by atoms with Crippen LogP contribution in [0.2, 0.25) is 0 Å². The van der Waals surface area contributed by atoms with Crippen molar-refractivity contribution in [3.63, 3.8) is 0 Å². The highest BCUT2D eigenvalue weighted by molar-refractivity contribution is 5.86. The van der Waals surface area contributed by atoms with Gasteiger partial charge < -0.3 is 4.98 Å². The fourth-order valence-electron chi connectivity index (χ4n) is 2.14. The van der Waals surface area contributed by atoms with Gasteiger partial charge in [0.1, 0.15) is 0 Å². The van der Waals surface area contributed by atoms with Crippen LogP contribution >= 0.6 is 0 Å². The van der Waals surface area contributed by atoms with Crippen molar-refractivity contribution in [3.8, 4) is 11.1 Å². The molecule has 0 saturated heterocycles. The lowest BCUT2D eigenvalue weighted by molar-refractivity contribution is 1.44. The third-order valence-corrected chi connectivity index (χ3v) is 2.98. The van der Waals surface area contributed by atoms with E-state index in [-0.39, 0.29) is 0 Å². The quantitative estimate of drug-likeness (QED) is 0.617. The van der Waals surface area contributed by atoms with Gasteiger partial charge in [0.25, 0.3) is 0 Å². The van der Waals surface area contributed by atoms with Crippen LogP contribution in [0, 0.1) is 6.92 Å². The first kappa shape index (κ1) is 9.22. The maximum atomic E-state index is 3.24. The molecule has 0 atom stereocenters. The van der Waals surface area contributed by atoms with Crippen LogP contribution in [0.1, 0.15) is 5.56 Å². The van der Waals surface area contributed by atoms with Crippen molar-refractivity contribution >= 4 is 10.9 Å². The average Bonchev–Trinajstić information content (AvgIpc) is 2.76. The Bertz CT molecular complexity index is 620. The molecule has 2 aromatic carbocycles. The molecule has 0 aliphatic carbocycles. The summed E-state index contributed by atoms with van der Waals surface area (Å²) in [5.74, 6) is 0. The van der Waals surface area contributed by atoms with Gasteiger partial charge >= 0.3 is 0 Å². The molecule has 1 aromatic heterocycles. The summed E-state index contributed by atoms with van der Waals surface area (Å²) in [6, 6.07) is 17.1. The number of rotatable bonds is 1. The molecule has 0 unspecified atom stereocenters. The Kier molecular flexibility index (Phi) is 2.03. The van der Waals surface area contributed by atoms with Crippen LogP contribution in [-0.2, 0) is 0 Å². The second-order valence-electron chi connectivity index (χ2n) is 4.10. The number of nitrogens with one attached hydrogen (secondary N) is 1. The summed E-state index contributed by atoms with van der Waals surface area (Å²) in [5, 5.41) is 1.27. The molecule has 1 heteroatoms. The van der Waals surface area contributed by atoms with Crippen LogP contribution in [0.5, 0.6) is 0 Å². The van der Waals surface area contributed by atoms with Crippen molar-refractivity contribution in [3.05, 3.63) is 60.3 Å². The summed E-state index contributed by atoms with van der Waals surface area (Å²) in [4.78, 5) is 3.24. The highest BCUT2D eigenvalue weighted by Crippen LogP contribution is 2.27. The van der Waals surface area contributed by atoms with E-state index in [1.165, 1.54) is 27.6 Å². The van der Waals surface area contributed by atoms with Crippen LogP contribution in [0.3, 0.4) is 0 Å². The molecule has 0 bridgehead atoms. The fraction of sp³-hybridized carbons (Fsp3) is 0.0667. The van der Waals surface area contributed by atoms with Gasteiger partial charge in [-0.15, -0.1) is 0 Å². The number of aromatic amines is 1. The molecule has 78 valence electrons. The lowest BCUT2D eigenvalue weighted by atomic mass is 9.99. The van der Waals surface area contributed by atoms with Crippen LogP contribution in [0.15, 0.2) is 54.7 Å². The van der Waals surface area contributed by atoms with Crippen LogP contribution in [0.25, 0.3) is 22.0 Å². The number of aromatic nitrogens is 1. The number of H-pyrrole nitrogens is 1. The van der Waals surface area contributed by atoms with E-state index in [0.29, 0.717) is 0 Å². The molecule has 16 heavy (non-hydrogen) atoms. The summed E-state index contributed by atoms with van der Waals surface area (Å²) in [6.45, 7) is 2.16. The van der Waals surface area contributed by atoms with E-state index >= 15 is 0 Å². The zero-order valence-corrected chi connectivity index (χ0v) is 9.20. The molecule has 0 amide bonds. The van der Waals surface area contributed by atoms with Gasteiger partial charge in [0.2, 0.25) is 0 Å². The molecule has 0 spiro atoms. The second kappa shape index (κ2) is 3.53. The summed E-state index contributed by atoms with van der Waals surface area (Å²) in [6.07, 6.45) is 1.98. The molecule has 1 heterocycles. The van der Waals surface area contributed by atoms with Crippen LogP contribution in [-0.4, -0.2) is 4.98 Å². The van der Waals surface area contributed by atoms with E-state index in [1.54, 1.807) is 0 Å². The molecule has 0 radical (unpaired) electrons. The number of aryl methyl sites for hydroxylation is 1. The predicted molar refractivity (Wildman–Crippen MR) is 68.5 cm³/mol. The van der Waals surface area contributed by atoms with E-state index in [2.05, 4.69) is 54.4 Å². The second-order valence-corrected chi connectivity index (χ2v) is 4.10. The van der Waals surface area contributed by atoms with Crippen molar-refractivity contribution in [1.29, 1.82) is 0 Å². The van der Waals surface area contributed by atoms with Crippen LogP contribution in [0.4, 0.5) is 0 Å². The minimum Gasteiger partial charge on any atom is -0.361 e. The Hall–Kier alpha value is -2.02. The van der Waals surface area contributed by atoms with Gasteiger partial charge in [0.15, 0.2) is 0 Å². The van der Waals surface area contributed by atoms with E-state index in [9.17, 15) is 0 Å². The van der Waals surface area contributed by atoms with Gasteiger partial charge in [-0.2, -0.15) is 0 Å². The van der Waals surface area contributed by atoms with Crippen molar-refractivity contribution < 1.29 is 0 Å². The minimum atomic E-state index is 1.21. The normalized spacial score (nSPS) is 10.8. The van der Waals surface area contributed by atoms with Gasteiger partial charge in [0, 0.05) is 11.7 Å². The van der Waals surface area contributed by atoms with Gasteiger partial charge in [-0.05, 0) is 47.2 Å². The molecule has 0 fully saturated rings. The van der Waals surface area contributed by atoms with Crippen molar-refractivity contribution in [1.82, 2.24) is 4.98 Å². The highest BCUT2D eigenvalue weighted by atomic mass is 14.7. The summed E-state index contributed by atoms with van der Waals surface area (Å²) in [7, 11) is 0. The van der Waals surface area contributed by atoms with Gasteiger partial charge in [-0.25, -0.2) is 0 Å². The maximum absolute atomic E-state index is 3.24. The van der Waals surface area contributed by atoms with Gasteiger partial charge in [0.05, 0.1) is 0 Å². The first-order valence-electron chi connectivity index (χ1n) is 5.48. The highest BCUT2D eigenvalue weighted by Gasteiger charge is 2.03. The Morgan fingerprint density at radius 3 is 2.56 bits per heavy atom. The zero-order chi connectivity index (χ0) is 11.0. The largest absolute Gasteiger partial charge is 0.361 e. The molecule has 1 nitrogen and oxygen atoms in total. The standard InChI is InChI=1S/C15H13N/c1-11-9-15-13(7-8-16-15)10-14(11)12-5-3-2-4-6-12/h2-10,16H,1H3. The molecule has 0 saturated carbocycles. The predicted octanol–water partition coefficient (Wildman–Crippen LogP) is 4.14. The Labute approximate surface area is 94.7 Å². The number of fused-ring (bicyclic) bond motifs is 1. The summed E-state index contributed by atoms with van der Waals surface area (Å²) < 4.78 is 0. The lowest BCUT2D eigenvalue weighted by Crippen LogP contribution is -1.83. The van der Waals surface area contributed by atoms with E-state index in [4.69, 9.17) is 0 Å². The lowest BCUT2D eigenvalue weighted by Gasteiger charge is -2.06. The van der Waals surface area contributed by atoms with E-state index in [1.807, 2.05) is 12.3 Å². The fourth-order valence-corrected chi connectivity index (χ4v) is 2.14. The minimum absolute atomic E-state index is 1.21. The van der Waals surface area contributed by atoms with Crippen LogP contribution < -0.4 is 0 Å². The molecule has 0 aliphatic rings. The Morgan fingerprint density at radius 1 is 0.938 bits per heavy atom. The average molecular weight is 207 g/mol. The maximum Gasteiger partial charge on any atom is 0.0456 e. The molecule has 0 aliphatic heterocycles. The van der Waals surface area contributed by atoms with Crippen molar-refractivity contribution in [2.75, 3.05) is 0 Å². The Morgan fingerprint density at radius 2 is 1.75 bits per heavy atom. The topological polar surface area (TPSA) is 15.8 Å². The monoisotopic (exact) mass is 207 g/mol. The first-order chi connectivity index (χ1) is 7.84. The van der Waals surface area contributed by atoms with Gasteiger partial charge in [-0.1, -0.05) is 30.3 Å². The molecular formula is C15H13N. The third-order valence-electron chi connectivity index (χ3n) is 2.98. The SMILES string of the molecule is Cc1cc2[nH]ccc2cc1-c1ccccc1. The number of hydrogen-bond donors (Lipinski definition) is 1.